The molecule has 0 saturated carbocycles. The summed E-state index contributed by atoms with van der Waals surface area (Å²) in [6.07, 6.45) is 3.93. The highest BCUT2D eigenvalue weighted by Gasteiger charge is 2.22. The normalized spacial score (nSPS) is 11.4. The van der Waals surface area contributed by atoms with Gasteiger partial charge in [-0.3, -0.25) is 23.9 Å². The number of nitrogens with two attached hydrogens (primary N) is 2. The molecule has 0 saturated heterocycles. The Morgan fingerprint density at radius 2 is 1.85 bits per heavy atom. The number of aryl methyl sites for hydroxylation is 1. The molecule has 0 aliphatic heterocycles. The van der Waals surface area contributed by atoms with Gasteiger partial charge in [0.05, 0.1) is 24.0 Å². The van der Waals surface area contributed by atoms with Gasteiger partial charge in [0.25, 0.3) is 5.91 Å². The summed E-state index contributed by atoms with van der Waals surface area (Å²) >= 11 is 0. The van der Waals surface area contributed by atoms with Crippen molar-refractivity contribution in [2.45, 2.75) is 38.5 Å². The van der Waals surface area contributed by atoms with Gasteiger partial charge in [-0.2, -0.15) is 5.10 Å². The van der Waals surface area contributed by atoms with Crippen LogP contribution in [-0.4, -0.2) is 62.7 Å². The van der Waals surface area contributed by atoms with Crippen LogP contribution < -0.4 is 32.2 Å². The number of methoxy groups -OCH3 is 1. The van der Waals surface area contributed by atoms with Crippen LogP contribution >= 0.6 is 0 Å². The van der Waals surface area contributed by atoms with Gasteiger partial charge in [0, 0.05) is 38.9 Å². The standard InChI is InChI=1S/C26H34N10O5/c1-29-26(40)22-18(31-17-10-7-9-16(23(17)41-3)25-30-14-36(2)35-25)13-20(33-34-22)32-21(38)12-15(24(28)39)8-5-4-6-11-19(27)37/h7,9-10,13-15H,4-6,8,11-12H2,1-3H3,(H2,27,37)(H2,28,39)(H,29,40)(H2,31,32,33,38). The van der Waals surface area contributed by atoms with Gasteiger partial charge in [0.2, 0.25) is 17.7 Å². The molecule has 2 heterocycles. The van der Waals surface area contributed by atoms with E-state index in [2.05, 4.69) is 36.2 Å². The van der Waals surface area contributed by atoms with Gasteiger partial charge in [0.1, 0.15) is 6.33 Å². The zero-order chi connectivity index (χ0) is 29.9. The third-order valence-corrected chi connectivity index (χ3v) is 6.14. The SMILES string of the molecule is CNC(=O)c1nnc(NC(=O)CC(CCCCCC(N)=O)C(N)=O)cc1Nc1cccc(-c2ncn(C)n2)c1OC. The molecule has 0 spiro atoms. The van der Waals surface area contributed by atoms with Crippen molar-refractivity contribution in [3.8, 4) is 17.1 Å². The Labute approximate surface area is 236 Å². The van der Waals surface area contributed by atoms with Gasteiger partial charge in [-0.25, -0.2) is 4.98 Å². The second kappa shape index (κ2) is 14.3. The van der Waals surface area contributed by atoms with Crippen LogP contribution in [0.1, 0.15) is 49.0 Å². The zero-order valence-electron chi connectivity index (χ0n) is 23.1. The molecule has 41 heavy (non-hydrogen) atoms. The molecule has 1 aromatic carbocycles. The number of primary amides is 2. The number of aromatic nitrogens is 5. The summed E-state index contributed by atoms with van der Waals surface area (Å²) in [5.74, 6) is -1.79. The zero-order valence-corrected chi connectivity index (χ0v) is 23.1. The molecule has 15 nitrogen and oxygen atoms in total. The number of rotatable bonds is 15. The van der Waals surface area contributed by atoms with Crippen molar-refractivity contribution >= 4 is 40.8 Å². The first-order chi connectivity index (χ1) is 19.6. The number of nitrogens with zero attached hydrogens (tertiary/aromatic N) is 5. The van der Waals surface area contributed by atoms with Crippen LogP contribution in [0.4, 0.5) is 17.2 Å². The van der Waals surface area contributed by atoms with Crippen molar-refractivity contribution in [3.63, 3.8) is 0 Å². The smallest absolute Gasteiger partial charge is 0.273 e. The first-order valence-corrected chi connectivity index (χ1v) is 12.9. The van der Waals surface area contributed by atoms with Crippen molar-refractivity contribution < 1.29 is 23.9 Å². The van der Waals surface area contributed by atoms with E-state index in [1.807, 2.05) is 0 Å². The highest BCUT2D eigenvalue weighted by atomic mass is 16.5. The van der Waals surface area contributed by atoms with Crippen LogP contribution in [0.5, 0.6) is 5.75 Å². The highest BCUT2D eigenvalue weighted by Crippen LogP contribution is 2.37. The lowest BCUT2D eigenvalue weighted by Crippen LogP contribution is -2.28. The molecule has 0 radical (unpaired) electrons. The van der Waals surface area contributed by atoms with Crippen LogP contribution in [0.25, 0.3) is 11.4 Å². The summed E-state index contributed by atoms with van der Waals surface area (Å²) < 4.78 is 7.20. The lowest BCUT2D eigenvalue weighted by Gasteiger charge is -2.16. The minimum Gasteiger partial charge on any atom is -0.494 e. The van der Waals surface area contributed by atoms with Gasteiger partial charge >= 0.3 is 0 Å². The number of carbonyl (C=O) groups excluding carboxylic acids is 4. The van der Waals surface area contributed by atoms with E-state index in [9.17, 15) is 19.2 Å². The summed E-state index contributed by atoms with van der Waals surface area (Å²) in [6, 6.07) is 6.75. The molecule has 1 atom stereocenters. The van der Waals surface area contributed by atoms with Crippen LogP contribution in [0.3, 0.4) is 0 Å². The Morgan fingerprint density at radius 1 is 1.07 bits per heavy atom. The van der Waals surface area contributed by atoms with Crippen LogP contribution in [0.15, 0.2) is 30.6 Å². The molecule has 3 aromatic rings. The van der Waals surface area contributed by atoms with Crippen LogP contribution in [0, 0.1) is 5.92 Å². The number of benzene rings is 1. The summed E-state index contributed by atoms with van der Waals surface area (Å²) in [7, 11) is 4.70. The number of unbranched alkanes of at least 4 members (excludes halogenated alkanes) is 2. The third kappa shape index (κ3) is 8.45. The predicted octanol–water partition coefficient (Wildman–Crippen LogP) is 1.25. The topological polar surface area (TPSA) is 222 Å². The molecule has 0 aliphatic rings. The predicted molar refractivity (Wildman–Crippen MR) is 150 cm³/mol. The molecular formula is C26H34N10O5. The van der Waals surface area contributed by atoms with Crippen LogP contribution in [0.2, 0.25) is 0 Å². The molecule has 0 fully saturated rings. The van der Waals surface area contributed by atoms with E-state index in [4.69, 9.17) is 16.2 Å². The molecule has 218 valence electrons. The van der Waals surface area contributed by atoms with Gasteiger partial charge in [-0.1, -0.05) is 18.9 Å². The van der Waals surface area contributed by atoms with E-state index in [0.717, 1.165) is 0 Å². The van der Waals surface area contributed by atoms with Gasteiger partial charge < -0.3 is 32.2 Å². The van der Waals surface area contributed by atoms with E-state index < -0.39 is 23.6 Å². The van der Waals surface area contributed by atoms with E-state index >= 15 is 0 Å². The number of ether oxygens (including phenoxy) is 1. The maximum atomic E-state index is 12.8. The van der Waals surface area contributed by atoms with E-state index in [0.29, 0.717) is 48.5 Å². The Kier molecular flexibility index (Phi) is 10.7. The highest BCUT2D eigenvalue weighted by molar-refractivity contribution is 6.00. The summed E-state index contributed by atoms with van der Waals surface area (Å²) in [4.78, 5) is 52.4. The minimum atomic E-state index is -0.702. The lowest BCUT2D eigenvalue weighted by molar-refractivity contribution is -0.126. The van der Waals surface area contributed by atoms with Crippen molar-refractivity contribution in [2.75, 3.05) is 24.8 Å². The molecule has 7 N–H and O–H groups in total. The van der Waals surface area contributed by atoms with E-state index in [-0.39, 0.29) is 35.9 Å². The number of amides is 4. The maximum absolute atomic E-state index is 12.8. The van der Waals surface area contributed by atoms with E-state index in [1.54, 1.807) is 36.3 Å². The van der Waals surface area contributed by atoms with Gasteiger partial charge in [0.15, 0.2) is 23.1 Å². The molecule has 0 aliphatic carbocycles. The number of hydrogen-bond acceptors (Lipinski definition) is 10. The minimum absolute atomic E-state index is 0.0279. The maximum Gasteiger partial charge on any atom is 0.273 e. The molecule has 15 heteroatoms. The fourth-order valence-electron chi connectivity index (χ4n) is 4.10. The summed E-state index contributed by atoms with van der Waals surface area (Å²) in [5.41, 5.74) is 12.0. The summed E-state index contributed by atoms with van der Waals surface area (Å²) in [5, 5.41) is 20.5. The third-order valence-electron chi connectivity index (χ3n) is 6.14. The Hall–Kier alpha value is -5.08. The first-order valence-electron chi connectivity index (χ1n) is 12.9. The molecule has 1 unspecified atom stereocenters. The fraction of sp³-hybridized carbons (Fsp3) is 0.385. The van der Waals surface area contributed by atoms with Crippen molar-refractivity contribution in [3.05, 3.63) is 36.3 Å². The van der Waals surface area contributed by atoms with Crippen molar-refractivity contribution in [2.24, 2.45) is 24.4 Å². The molecule has 4 amide bonds. The van der Waals surface area contributed by atoms with Crippen molar-refractivity contribution in [1.82, 2.24) is 30.3 Å². The Bertz CT molecular complexity index is 1410. The number of nitrogens with one attached hydrogen (secondary N) is 3. The number of carbonyl (C=O) groups is 4. The van der Waals surface area contributed by atoms with Gasteiger partial charge in [-0.15, -0.1) is 10.2 Å². The summed E-state index contributed by atoms with van der Waals surface area (Å²) in [6.45, 7) is 0. The molecule has 3 rings (SSSR count). The fourth-order valence-corrected chi connectivity index (χ4v) is 4.10. The first kappa shape index (κ1) is 30.5. The Morgan fingerprint density at radius 3 is 2.49 bits per heavy atom. The molecule has 2 aromatic heterocycles. The second-order valence-corrected chi connectivity index (χ2v) is 9.24. The van der Waals surface area contributed by atoms with E-state index in [1.165, 1.54) is 20.2 Å². The van der Waals surface area contributed by atoms with Gasteiger partial charge in [-0.05, 0) is 25.0 Å². The van der Waals surface area contributed by atoms with Crippen LogP contribution in [-0.2, 0) is 21.4 Å². The number of anilines is 3. The Balaban J connectivity index is 1.79. The van der Waals surface area contributed by atoms with Crippen molar-refractivity contribution in [1.29, 1.82) is 0 Å². The largest absolute Gasteiger partial charge is 0.494 e. The number of hydrogen-bond donors (Lipinski definition) is 5. The lowest BCUT2D eigenvalue weighted by atomic mass is 9.96. The monoisotopic (exact) mass is 566 g/mol. The average molecular weight is 567 g/mol. The average Bonchev–Trinajstić information content (AvgIpc) is 3.37. The quantitative estimate of drug-likeness (QED) is 0.166. The second-order valence-electron chi connectivity index (χ2n) is 9.24. The number of para-hydroxylation sites is 1. The molecular weight excluding hydrogens is 532 g/mol. The molecule has 0 bridgehead atoms.